The van der Waals surface area contributed by atoms with Crippen LogP contribution in [-0.2, 0) is 16.5 Å². The molecule has 2 rings (SSSR count). The summed E-state index contributed by atoms with van der Waals surface area (Å²) in [6.07, 6.45) is 0.0951. The van der Waals surface area contributed by atoms with Gasteiger partial charge in [-0.3, -0.25) is 9.35 Å². The Labute approximate surface area is 141 Å². The first-order valence-electron chi connectivity index (χ1n) is 7.69. The molecule has 0 bridgehead atoms. The van der Waals surface area contributed by atoms with E-state index in [1.807, 2.05) is 6.07 Å². The highest BCUT2D eigenvalue weighted by molar-refractivity contribution is 7.85. The quantitative estimate of drug-likeness (QED) is 0.435. The van der Waals surface area contributed by atoms with E-state index in [4.69, 9.17) is 4.55 Å². The van der Waals surface area contributed by atoms with Crippen molar-refractivity contribution in [2.75, 3.05) is 5.75 Å². The number of hydrogen-bond acceptors (Lipinski definition) is 4. The fourth-order valence-corrected chi connectivity index (χ4v) is 3.08. The highest BCUT2D eigenvalue weighted by atomic mass is 32.2. The minimum atomic E-state index is -3.96. The summed E-state index contributed by atoms with van der Waals surface area (Å²) in [7, 11) is -3.96. The lowest BCUT2D eigenvalue weighted by molar-refractivity contribution is 0.0746. The van der Waals surface area contributed by atoms with Crippen LogP contribution in [-0.4, -0.2) is 29.6 Å². The summed E-state index contributed by atoms with van der Waals surface area (Å²) < 4.78 is 30.2. The minimum absolute atomic E-state index is 0.296. The van der Waals surface area contributed by atoms with Crippen molar-refractivity contribution >= 4 is 15.9 Å². The highest BCUT2D eigenvalue weighted by Gasteiger charge is 2.21. The van der Waals surface area contributed by atoms with Crippen molar-refractivity contribution < 1.29 is 22.9 Å². The van der Waals surface area contributed by atoms with E-state index in [0.717, 1.165) is 5.56 Å². The van der Waals surface area contributed by atoms with E-state index in [2.05, 4.69) is 0 Å². The van der Waals surface area contributed by atoms with Crippen LogP contribution in [0.25, 0.3) is 0 Å². The number of carbonyl (C=O) groups is 1. The van der Waals surface area contributed by atoms with Crippen molar-refractivity contribution in [1.29, 1.82) is 0 Å². The zero-order chi connectivity index (χ0) is 17.6. The summed E-state index contributed by atoms with van der Waals surface area (Å²) in [5.74, 6) is -0.679. The second-order valence-corrected chi connectivity index (χ2v) is 7.15. The third kappa shape index (κ3) is 5.26. The second-order valence-electron chi connectivity index (χ2n) is 5.58. The summed E-state index contributed by atoms with van der Waals surface area (Å²) in [5, 5.41) is 10.3. The lowest BCUT2D eigenvalue weighted by atomic mass is 9.94. The third-order valence-corrected chi connectivity index (χ3v) is 4.55. The van der Waals surface area contributed by atoms with Gasteiger partial charge in [0.15, 0.2) is 5.78 Å². The molecule has 0 radical (unpaired) electrons. The number of Topliss-reactive ketones (excluding diaryl/α,β-unsaturated/α-hetero) is 1. The summed E-state index contributed by atoms with van der Waals surface area (Å²) in [6.45, 7) is 0. The number of aryl methyl sites for hydroxylation is 1. The van der Waals surface area contributed by atoms with Crippen LogP contribution in [0.5, 0.6) is 0 Å². The van der Waals surface area contributed by atoms with E-state index in [1.165, 1.54) is 0 Å². The van der Waals surface area contributed by atoms with Crippen LogP contribution in [0.4, 0.5) is 0 Å². The van der Waals surface area contributed by atoms with Gasteiger partial charge in [-0.25, -0.2) is 0 Å². The topological polar surface area (TPSA) is 91.7 Å². The first kappa shape index (κ1) is 18.3. The van der Waals surface area contributed by atoms with Crippen molar-refractivity contribution in [2.45, 2.75) is 25.4 Å². The van der Waals surface area contributed by atoms with Gasteiger partial charge in [-0.15, -0.1) is 0 Å². The first-order valence-corrected chi connectivity index (χ1v) is 9.30. The summed E-state index contributed by atoms with van der Waals surface area (Å²) in [4.78, 5) is 12.6. The van der Waals surface area contributed by atoms with E-state index in [9.17, 15) is 18.3 Å². The van der Waals surface area contributed by atoms with Crippen molar-refractivity contribution in [3.8, 4) is 0 Å². The summed E-state index contributed by atoms with van der Waals surface area (Å²) >= 11 is 0. The lowest BCUT2D eigenvalue weighted by Gasteiger charge is -2.13. The Kier molecular flexibility index (Phi) is 6.25. The molecule has 0 aliphatic heterocycles. The Balaban J connectivity index is 2.09. The normalized spacial score (nSPS) is 12.8. The SMILES string of the molecule is O=C(c1ccccc1CCCCS(=O)(=O)O)C(O)c1ccccc1. The molecule has 2 N–H and O–H groups in total. The number of benzene rings is 2. The molecule has 0 saturated heterocycles. The number of ketones is 1. The molecule has 0 aromatic heterocycles. The summed E-state index contributed by atoms with van der Waals surface area (Å²) in [6, 6.07) is 15.7. The monoisotopic (exact) mass is 348 g/mol. The van der Waals surface area contributed by atoms with E-state index in [-0.39, 0.29) is 11.5 Å². The third-order valence-electron chi connectivity index (χ3n) is 3.74. The molecule has 6 heteroatoms. The Morgan fingerprint density at radius 2 is 1.58 bits per heavy atom. The Morgan fingerprint density at radius 3 is 2.25 bits per heavy atom. The number of unbranched alkanes of at least 4 members (excludes halogenated alkanes) is 1. The molecule has 0 amide bonds. The van der Waals surface area contributed by atoms with Crippen molar-refractivity contribution in [3.05, 3.63) is 71.3 Å². The highest BCUT2D eigenvalue weighted by Crippen LogP contribution is 2.21. The van der Waals surface area contributed by atoms with Gasteiger partial charge in [0, 0.05) is 5.56 Å². The fraction of sp³-hybridized carbons (Fsp3) is 0.278. The number of aliphatic hydroxyl groups is 1. The Hall–Kier alpha value is -2.02. The molecule has 24 heavy (non-hydrogen) atoms. The van der Waals surface area contributed by atoms with Gasteiger partial charge in [-0.05, 0) is 30.4 Å². The molecule has 1 atom stereocenters. The number of carbonyl (C=O) groups excluding carboxylic acids is 1. The zero-order valence-corrected chi connectivity index (χ0v) is 13.9. The molecule has 0 heterocycles. The van der Waals surface area contributed by atoms with Crippen LogP contribution in [0, 0.1) is 0 Å². The average molecular weight is 348 g/mol. The molecule has 0 fully saturated rings. The zero-order valence-electron chi connectivity index (χ0n) is 13.1. The van der Waals surface area contributed by atoms with E-state index in [0.29, 0.717) is 30.4 Å². The lowest BCUT2D eigenvalue weighted by Crippen LogP contribution is -2.14. The van der Waals surface area contributed by atoms with Gasteiger partial charge in [-0.1, -0.05) is 54.6 Å². The largest absolute Gasteiger partial charge is 0.380 e. The summed E-state index contributed by atoms with van der Waals surface area (Å²) in [5.41, 5.74) is 1.72. The number of rotatable bonds is 8. The minimum Gasteiger partial charge on any atom is -0.380 e. The van der Waals surface area contributed by atoms with Crippen molar-refractivity contribution in [2.24, 2.45) is 0 Å². The van der Waals surface area contributed by atoms with Crippen LogP contribution in [0.15, 0.2) is 54.6 Å². The van der Waals surface area contributed by atoms with Gasteiger partial charge in [0.25, 0.3) is 10.1 Å². The molecule has 0 aliphatic rings. The maximum atomic E-state index is 12.6. The first-order chi connectivity index (χ1) is 11.4. The molecule has 0 aliphatic carbocycles. The smallest absolute Gasteiger partial charge is 0.264 e. The van der Waals surface area contributed by atoms with Crippen LogP contribution in [0.1, 0.15) is 40.4 Å². The van der Waals surface area contributed by atoms with Gasteiger partial charge < -0.3 is 5.11 Å². The molecule has 5 nitrogen and oxygen atoms in total. The van der Waals surface area contributed by atoms with E-state index in [1.54, 1.807) is 48.5 Å². The van der Waals surface area contributed by atoms with E-state index < -0.39 is 16.2 Å². The average Bonchev–Trinajstić information content (AvgIpc) is 2.58. The molecule has 1 unspecified atom stereocenters. The van der Waals surface area contributed by atoms with Crippen LogP contribution < -0.4 is 0 Å². The molecule has 128 valence electrons. The van der Waals surface area contributed by atoms with Gasteiger partial charge in [0.2, 0.25) is 0 Å². The van der Waals surface area contributed by atoms with Crippen molar-refractivity contribution in [3.63, 3.8) is 0 Å². The molecular weight excluding hydrogens is 328 g/mol. The van der Waals surface area contributed by atoms with Crippen LogP contribution in [0.2, 0.25) is 0 Å². The molecule has 0 saturated carbocycles. The Morgan fingerprint density at radius 1 is 0.958 bits per heavy atom. The van der Waals surface area contributed by atoms with Crippen molar-refractivity contribution in [1.82, 2.24) is 0 Å². The van der Waals surface area contributed by atoms with Gasteiger partial charge in [0.1, 0.15) is 6.10 Å². The van der Waals surface area contributed by atoms with Gasteiger partial charge in [-0.2, -0.15) is 8.42 Å². The van der Waals surface area contributed by atoms with Gasteiger partial charge >= 0.3 is 0 Å². The molecular formula is C18H20O5S. The molecule has 2 aromatic rings. The molecule has 2 aromatic carbocycles. The second kappa shape index (κ2) is 8.19. The predicted molar refractivity (Wildman–Crippen MR) is 91.5 cm³/mol. The Bertz CT molecular complexity index is 784. The van der Waals surface area contributed by atoms with Gasteiger partial charge in [0.05, 0.1) is 5.75 Å². The van der Waals surface area contributed by atoms with Crippen LogP contribution >= 0.6 is 0 Å². The van der Waals surface area contributed by atoms with Crippen LogP contribution in [0.3, 0.4) is 0 Å². The maximum absolute atomic E-state index is 12.6. The standard InChI is InChI=1S/C18H20O5S/c19-17(15-10-2-1-3-11-15)18(20)16-12-5-4-8-14(16)9-6-7-13-24(21,22)23/h1-5,8,10-12,17,19H,6-7,9,13H2,(H,21,22,23). The molecule has 0 spiro atoms. The predicted octanol–water partition coefficient (Wildman–Crippen LogP) is 2.81. The number of hydrogen-bond donors (Lipinski definition) is 2. The number of aliphatic hydroxyl groups excluding tert-OH is 1. The fourth-order valence-electron chi connectivity index (χ4n) is 2.51. The maximum Gasteiger partial charge on any atom is 0.264 e. The van der Waals surface area contributed by atoms with E-state index >= 15 is 0 Å².